The summed E-state index contributed by atoms with van der Waals surface area (Å²) in [5, 5.41) is 8.44. The highest BCUT2D eigenvalue weighted by atomic mass is 32.2. The molecule has 0 amide bonds. The van der Waals surface area contributed by atoms with Crippen LogP contribution in [0, 0.1) is 0 Å². The molecular formula is C7H16N2O2S. The van der Waals surface area contributed by atoms with Crippen molar-refractivity contribution in [1.29, 1.82) is 0 Å². The fourth-order valence-corrected chi connectivity index (χ4v) is 1.14. The Morgan fingerprint density at radius 2 is 2.33 bits per heavy atom. The number of unbranched alkanes of at least 4 members (excludes halogenated alkanes) is 1. The van der Waals surface area contributed by atoms with E-state index in [9.17, 15) is 4.79 Å². The van der Waals surface area contributed by atoms with Gasteiger partial charge in [0.2, 0.25) is 0 Å². The lowest BCUT2D eigenvalue weighted by atomic mass is 10.1. The molecule has 0 aliphatic rings. The van der Waals surface area contributed by atoms with Crippen LogP contribution in [0.15, 0.2) is 0 Å². The highest BCUT2D eigenvalue weighted by molar-refractivity contribution is 7.96. The van der Waals surface area contributed by atoms with E-state index in [1.807, 2.05) is 6.26 Å². The quantitative estimate of drug-likeness (QED) is 0.403. The van der Waals surface area contributed by atoms with Crippen LogP contribution in [-0.2, 0) is 4.79 Å². The summed E-state index contributed by atoms with van der Waals surface area (Å²) >= 11 is 1.57. The van der Waals surface area contributed by atoms with E-state index in [0.29, 0.717) is 6.42 Å². The van der Waals surface area contributed by atoms with E-state index in [4.69, 9.17) is 10.8 Å². The van der Waals surface area contributed by atoms with Crippen molar-refractivity contribution in [2.45, 2.75) is 25.3 Å². The molecule has 0 heterocycles. The molecule has 1 unspecified atom stereocenters. The van der Waals surface area contributed by atoms with Gasteiger partial charge in [0.1, 0.15) is 6.04 Å². The fourth-order valence-electron chi connectivity index (χ4n) is 0.787. The molecule has 1 atom stereocenters. The molecule has 5 heteroatoms. The first-order valence-electron chi connectivity index (χ1n) is 3.92. The average Bonchev–Trinajstić information content (AvgIpc) is 2.03. The highest BCUT2D eigenvalue weighted by Gasteiger charge is 2.09. The number of hydrogen-bond donors (Lipinski definition) is 3. The van der Waals surface area contributed by atoms with Gasteiger partial charge in [-0.25, -0.2) is 0 Å². The molecule has 0 saturated carbocycles. The Morgan fingerprint density at radius 3 is 2.83 bits per heavy atom. The van der Waals surface area contributed by atoms with Gasteiger partial charge in [-0.05, 0) is 19.1 Å². The second-order valence-corrected chi connectivity index (χ2v) is 3.24. The molecule has 0 aromatic carbocycles. The minimum Gasteiger partial charge on any atom is -0.480 e. The number of aliphatic carboxylic acids is 1. The van der Waals surface area contributed by atoms with Gasteiger partial charge in [-0.15, -0.1) is 0 Å². The smallest absolute Gasteiger partial charge is 0.320 e. The van der Waals surface area contributed by atoms with Crippen LogP contribution in [0.5, 0.6) is 0 Å². The van der Waals surface area contributed by atoms with Gasteiger partial charge < -0.3 is 10.8 Å². The zero-order valence-electron chi connectivity index (χ0n) is 7.25. The third-order valence-electron chi connectivity index (χ3n) is 1.51. The summed E-state index contributed by atoms with van der Waals surface area (Å²) in [6.45, 7) is 0.910. The summed E-state index contributed by atoms with van der Waals surface area (Å²) in [6.07, 6.45) is 4.36. The summed E-state index contributed by atoms with van der Waals surface area (Å²) in [5.74, 6) is -0.909. The van der Waals surface area contributed by atoms with Crippen molar-refractivity contribution in [3.8, 4) is 0 Å². The van der Waals surface area contributed by atoms with E-state index in [0.717, 1.165) is 19.4 Å². The largest absolute Gasteiger partial charge is 0.480 e. The molecule has 0 saturated heterocycles. The summed E-state index contributed by atoms with van der Waals surface area (Å²) in [7, 11) is 0. The van der Waals surface area contributed by atoms with E-state index in [-0.39, 0.29) is 0 Å². The molecule has 0 spiro atoms. The minimum absolute atomic E-state index is 0.561. The first kappa shape index (κ1) is 11.7. The van der Waals surface area contributed by atoms with Crippen molar-refractivity contribution in [2.24, 2.45) is 5.73 Å². The Hall–Kier alpha value is -0.260. The fraction of sp³-hybridized carbons (Fsp3) is 0.857. The number of rotatable bonds is 7. The maximum absolute atomic E-state index is 10.3. The Labute approximate surface area is 77.0 Å². The Kier molecular flexibility index (Phi) is 7.23. The lowest BCUT2D eigenvalue weighted by Crippen LogP contribution is -2.29. The van der Waals surface area contributed by atoms with Crippen LogP contribution in [-0.4, -0.2) is 29.9 Å². The van der Waals surface area contributed by atoms with Crippen LogP contribution < -0.4 is 10.5 Å². The molecule has 72 valence electrons. The van der Waals surface area contributed by atoms with Crippen molar-refractivity contribution >= 4 is 17.9 Å². The lowest BCUT2D eigenvalue weighted by molar-refractivity contribution is -0.138. The van der Waals surface area contributed by atoms with E-state index in [1.54, 1.807) is 11.9 Å². The van der Waals surface area contributed by atoms with Gasteiger partial charge in [-0.2, -0.15) is 0 Å². The van der Waals surface area contributed by atoms with Crippen molar-refractivity contribution in [1.82, 2.24) is 4.72 Å². The summed E-state index contributed by atoms with van der Waals surface area (Å²) in [6, 6.07) is -0.695. The molecule has 4 N–H and O–H groups in total. The second kappa shape index (κ2) is 7.39. The minimum atomic E-state index is -0.909. The maximum Gasteiger partial charge on any atom is 0.320 e. The van der Waals surface area contributed by atoms with Gasteiger partial charge >= 0.3 is 5.97 Å². The molecular weight excluding hydrogens is 176 g/mol. The average molecular weight is 192 g/mol. The first-order valence-corrected chi connectivity index (χ1v) is 5.15. The first-order chi connectivity index (χ1) is 5.68. The third-order valence-corrected chi connectivity index (χ3v) is 2.00. The third kappa shape index (κ3) is 6.45. The van der Waals surface area contributed by atoms with Gasteiger partial charge in [-0.3, -0.25) is 9.52 Å². The number of carboxylic acid groups (broad SMARTS) is 1. The van der Waals surface area contributed by atoms with Crippen LogP contribution in [0.1, 0.15) is 19.3 Å². The number of carboxylic acids is 1. The van der Waals surface area contributed by atoms with Crippen molar-refractivity contribution in [3.63, 3.8) is 0 Å². The maximum atomic E-state index is 10.3. The molecule has 0 bridgehead atoms. The predicted octanol–water partition coefficient (Wildman–Crippen LogP) is 0.436. The second-order valence-electron chi connectivity index (χ2n) is 2.54. The molecule has 0 aromatic heterocycles. The lowest BCUT2D eigenvalue weighted by Gasteiger charge is -2.05. The van der Waals surface area contributed by atoms with Crippen LogP contribution >= 0.6 is 11.9 Å². The summed E-state index contributed by atoms with van der Waals surface area (Å²) in [4.78, 5) is 10.3. The van der Waals surface area contributed by atoms with E-state index in [2.05, 4.69) is 4.72 Å². The van der Waals surface area contributed by atoms with Crippen molar-refractivity contribution in [2.75, 3.05) is 12.8 Å². The SMILES string of the molecule is CSNCCCCC(N)C(=O)O. The molecule has 0 aliphatic carbocycles. The number of hydrogen-bond acceptors (Lipinski definition) is 4. The topological polar surface area (TPSA) is 75.3 Å². The molecule has 0 radical (unpaired) electrons. The van der Waals surface area contributed by atoms with Gasteiger partial charge in [0.25, 0.3) is 0 Å². The predicted molar refractivity (Wildman–Crippen MR) is 51.0 cm³/mol. The standard InChI is InChI=1S/C7H16N2O2S/c1-12-9-5-3-2-4-6(8)7(10)11/h6,9H,2-5,8H2,1H3,(H,10,11). The van der Waals surface area contributed by atoms with Crippen molar-refractivity contribution in [3.05, 3.63) is 0 Å². The van der Waals surface area contributed by atoms with Crippen LogP contribution in [0.2, 0.25) is 0 Å². The summed E-state index contributed by atoms with van der Waals surface area (Å²) in [5.41, 5.74) is 5.31. The van der Waals surface area contributed by atoms with Gasteiger partial charge in [0.05, 0.1) is 0 Å². The number of carbonyl (C=O) groups is 1. The van der Waals surface area contributed by atoms with Gasteiger partial charge in [0, 0.05) is 6.54 Å². The molecule has 0 rings (SSSR count). The molecule has 0 fully saturated rings. The van der Waals surface area contributed by atoms with E-state index >= 15 is 0 Å². The van der Waals surface area contributed by atoms with Crippen LogP contribution in [0.25, 0.3) is 0 Å². The normalized spacial score (nSPS) is 12.8. The zero-order chi connectivity index (χ0) is 9.40. The van der Waals surface area contributed by atoms with Crippen molar-refractivity contribution < 1.29 is 9.90 Å². The monoisotopic (exact) mass is 192 g/mol. The zero-order valence-corrected chi connectivity index (χ0v) is 8.06. The number of nitrogens with one attached hydrogen (secondary N) is 1. The Morgan fingerprint density at radius 1 is 1.67 bits per heavy atom. The highest BCUT2D eigenvalue weighted by Crippen LogP contribution is 1.98. The van der Waals surface area contributed by atoms with E-state index in [1.165, 1.54) is 0 Å². The Bertz CT molecular complexity index is 133. The van der Waals surface area contributed by atoms with Crippen LogP contribution in [0.3, 0.4) is 0 Å². The molecule has 0 aliphatic heterocycles. The van der Waals surface area contributed by atoms with Gasteiger partial charge in [-0.1, -0.05) is 18.4 Å². The van der Waals surface area contributed by atoms with E-state index < -0.39 is 12.0 Å². The summed E-state index contributed by atoms with van der Waals surface area (Å²) < 4.78 is 3.08. The number of nitrogens with two attached hydrogens (primary N) is 1. The molecule has 4 nitrogen and oxygen atoms in total. The van der Waals surface area contributed by atoms with Crippen LogP contribution in [0.4, 0.5) is 0 Å². The van der Waals surface area contributed by atoms with Gasteiger partial charge in [0.15, 0.2) is 0 Å². The molecule has 0 aromatic rings. The molecule has 12 heavy (non-hydrogen) atoms. The Balaban J connectivity index is 3.14.